The van der Waals surface area contributed by atoms with Crippen LogP contribution >= 0.6 is 0 Å². The van der Waals surface area contributed by atoms with Crippen molar-refractivity contribution < 1.29 is 0 Å². The Morgan fingerprint density at radius 1 is 0.581 bits per heavy atom. The van der Waals surface area contributed by atoms with E-state index in [2.05, 4.69) is 122 Å². The molecule has 1 aliphatic rings. The summed E-state index contributed by atoms with van der Waals surface area (Å²) in [6.07, 6.45) is 0. The first-order valence-corrected chi connectivity index (χ1v) is 10.6. The Kier molecular flexibility index (Phi) is 4.97. The number of nitrogens with zero attached hydrogens (tertiary/aromatic N) is 2. The van der Waals surface area contributed by atoms with Crippen LogP contribution in [0.25, 0.3) is 11.3 Å². The van der Waals surface area contributed by atoms with E-state index < -0.39 is 0 Å². The predicted octanol–water partition coefficient (Wildman–Crippen LogP) is 6.94. The molecular weight excluding hydrogens is 376 g/mol. The molecule has 31 heavy (non-hydrogen) atoms. The number of benzene rings is 4. The number of hydrogen-bond acceptors (Lipinski definition) is 2. The summed E-state index contributed by atoms with van der Waals surface area (Å²) in [6.45, 7) is 2.12. The topological polar surface area (TPSA) is 15.6 Å². The van der Waals surface area contributed by atoms with Gasteiger partial charge in [0.15, 0.2) is 0 Å². The molecule has 0 atom stereocenters. The van der Waals surface area contributed by atoms with Crippen molar-refractivity contribution >= 4 is 22.8 Å². The van der Waals surface area contributed by atoms with Crippen molar-refractivity contribution in [2.24, 2.45) is 4.99 Å². The maximum atomic E-state index is 5.16. The van der Waals surface area contributed by atoms with Gasteiger partial charge in [0.25, 0.3) is 0 Å². The fourth-order valence-electron chi connectivity index (χ4n) is 4.16. The standard InChI is InChI=1S/C29H24N2/c1-21-17-19-23(20-18-21)28-27(22-11-5-3-6-12-22)25-15-9-10-16-26(25)30-29(31(28)2)24-13-7-4-8-14-24/h3-20H,1-2H3. The van der Waals surface area contributed by atoms with Gasteiger partial charge in [-0.1, -0.05) is 109 Å². The maximum absolute atomic E-state index is 5.16. The second kappa shape index (κ2) is 8.08. The van der Waals surface area contributed by atoms with Crippen LogP contribution in [0.3, 0.4) is 0 Å². The van der Waals surface area contributed by atoms with E-state index in [0.717, 1.165) is 28.3 Å². The second-order valence-corrected chi connectivity index (χ2v) is 7.83. The lowest BCUT2D eigenvalue weighted by molar-refractivity contribution is 0.722. The molecule has 4 aromatic carbocycles. The molecule has 0 amide bonds. The summed E-state index contributed by atoms with van der Waals surface area (Å²) in [4.78, 5) is 7.40. The Hall–Kier alpha value is -3.91. The number of amidine groups is 1. The van der Waals surface area contributed by atoms with Gasteiger partial charge >= 0.3 is 0 Å². The zero-order valence-electron chi connectivity index (χ0n) is 17.8. The Morgan fingerprint density at radius 2 is 1.16 bits per heavy atom. The molecule has 150 valence electrons. The molecule has 0 aliphatic carbocycles. The van der Waals surface area contributed by atoms with Crippen molar-refractivity contribution in [1.82, 2.24) is 4.90 Å². The summed E-state index contributed by atoms with van der Waals surface area (Å²) in [5.74, 6) is 0.939. The smallest absolute Gasteiger partial charge is 0.140 e. The molecule has 0 radical (unpaired) electrons. The average molecular weight is 401 g/mol. The molecule has 0 spiro atoms. The molecular formula is C29H24N2. The molecule has 4 aromatic rings. The maximum Gasteiger partial charge on any atom is 0.140 e. The Labute approximate surface area is 183 Å². The first-order valence-electron chi connectivity index (χ1n) is 10.6. The molecule has 1 heterocycles. The summed E-state index contributed by atoms with van der Waals surface area (Å²) < 4.78 is 0. The van der Waals surface area contributed by atoms with Crippen LogP contribution < -0.4 is 0 Å². The van der Waals surface area contributed by atoms with Crippen LogP contribution in [0, 0.1) is 6.92 Å². The van der Waals surface area contributed by atoms with E-state index in [1.54, 1.807) is 0 Å². The van der Waals surface area contributed by atoms with Gasteiger partial charge in [0, 0.05) is 23.7 Å². The highest BCUT2D eigenvalue weighted by Gasteiger charge is 2.26. The van der Waals surface area contributed by atoms with Crippen molar-refractivity contribution in [3.8, 4) is 0 Å². The first-order chi connectivity index (χ1) is 15.2. The zero-order chi connectivity index (χ0) is 21.2. The quantitative estimate of drug-likeness (QED) is 0.364. The second-order valence-electron chi connectivity index (χ2n) is 7.83. The predicted molar refractivity (Wildman–Crippen MR) is 130 cm³/mol. The van der Waals surface area contributed by atoms with Crippen LogP contribution in [0.2, 0.25) is 0 Å². The summed E-state index contributed by atoms with van der Waals surface area (Å²) in [5.41, 5.74) is 9.17. The molecule has 5 rings (SSSR count). The van der Waals surface area contributed by atoms with E-state index >= 15 is 0 Å². The van der Waals surface area contributed by atoms with E-state index in [1.165, 1.54) is 22.3 Å². The molecule has 2 heteroatoms. The average Bonchev–Trinajstić information content (AvgIpc) is 2.95. The third kappa shape index (κ3) is 3.57. The fourth-order valence-corrected chi connectivity index (χ4v) is 4.16. The lowest BCUT2D eigenvalue weighted by Gasteiger charge is -2.26. The Bertz CT molecular complexity index is 1270. The lowest BCUT2D eigenvalue weighted by Crippen LogP contribution is -2.26. The van der Waals surface area contributed by atoms with Gasteiger partial charge in [0.05, 0.1) is 11.4 Å². The largest absolute Gasteiger partial charge is 0.328 e. The van der Waals surface area contributed by atoms with Gasteiger partial charge in [-0.05, 0) is 24.1 Å². The number of hydrogen-bond donors (Lipinski definition) is 0. The molecule has 0 fully saturated rings. The van der Waals surface area contributed by atoms with Crippen LogP contribution in [0.15, 0.2) is 114 Å². The van der Waals surface area contributed by atoms with E-state index in [-0.39, 0.29) is 0 Å². The fraction of sp³-hybridized carbons (Fsp3) is 0.0690. The summed E-state index contributed by atoms with van der Waals surface area (Å²) >= 11 is 0. The zero-order valence-corrected chi connectivity index (χ0v) is 17.8. The third-order valence-corrected chi connectivity index (χ3v) is 5.71. The highest BCUT2D eigenvalue weighted by atomic mass is 15.2. The van der Waals surface area contributed by atoms with Crippen molar-refractivity contribution in [2.75, 3.05) is 7.05 Å². The van der Waals surface area contributed by atoms with Crippen LogP contribution in [-0.2, 0) is 0 Å². The minimum Gasteiger partial charge on any atom is -0.328 e. The van der Waals surface area contributed by atoms with E-state index in [0.29, 0.717) is 0 Å². The molecule has 0 saturated heterocycles. The van der Waals surface area contributed by atoms with Crippen molar-refractivity contribution in [3.63, 3.8) is 0 Å². The molecule has 0 bridgehead atoms. The molecule has 0 unspecified atom stereocenters. The van der Waals surface area contributed by atoms with Gasteiger partial charge in [-0.2, -0.15) is 0 Å². The number of fused-ring (bicyclic) bond motifs is 1. The minimum absolute atomic E-state index is 0.939. The van der Waals surface area contributed by atoms with Crippen molar-refractivity contribution in [1.29, 1.82) is 0 Å². The molecule has 0 aromatic heterocycles. The number of para-hydroxylation sites is 1. The number of aryl methyl sites for hydroxylation is 1. The number of aliphatic imine (C=N–C) groups is 1. The van der Waals surface area contributed by atoms with Crippen LogP contribution in [0.5, 0.6) is 0 Å². The Morgan fingerprint density at radius 3 is 1.84 bits per heavy atom. The van der Waals surface area contributed by atoms with E-state index in [4.69, 9.17) is 4.99 Å². The lowest BCUT2D eigenvalue weighted by atomic mass is 9.91. The van der Waals surface area contributed by atoms with Gasteiger partial charge < -0.3 is 4.90 Å². The summed E-state index contributed by atoms with van der Waals surface area (Å²) in [5, 5.41) is 0. The van der Waals surface area contributed by atoms with Gasteiger partial charge in [-0.25, -0.2) is 4.99 Å². The van der Waals surface area contributed by atoms with Crippen LogP contribution in [0.1, 0.15) is 27.8 Å². The van der Waals surface area contributed by atoms with E-state index in [1.807, 2.05) is 6.07 Å². The normalized spacial score (nSPS) is 13.5. The van der Waals surface area contributed by atoms with Crippen molar-refractivity contribution in [3.05, 3.63) is 137 Å². The van der Waals surface area contributed by atoms with E-state index in [9.17, 15) is 0 Å². The third-order valence-electron chi connectivity index (χ3n) is 5.71. The number of rotatable bonds is 3. The van der Waals surface area contributed by atoms with Gasteiger partial charge in [0.1, 0.15) is 5.84 Å². The van der Waals surface area contributed by atoms with Gasteiger partial charge in [-0.15, -0.1) is 0 Å². The first kappa shape index (κ1) is 19.1. The summed E-state index contributed by atoms with van der Waals surface area (Å²) in [7, 11) is 2.12. The highest BCUT2D eigenvalue weighted by molar-refractivity contribution is 6.13. The minimum atomic E-state index is 0.939. The van der Waals surface area contributed by atoms with Gasteiger partial charge in [-0.3, -0.25) is 0 Å². The van der Waals surface area contributed by atoms with Gasteiger partial charge in [0.2, 0.25) is 0 Å². The highest BCUT2D eigenvalue weighted by Crippen LogP contribution is 2.41. The SMILES string of the molecule is Cc1ccc(C2=C(c3ccccc3)c3ccccc3N=C(c3ccccc3)N2C)cc1. The van der Waals surface area contributed by atoms with Crippen LogP contribution in [0.4, 0.5) is 5.69 Å². The van der Waals surface area contributed by atoms with Crippen LogP contribution in [-0.4, -0.2) is 17.8 Å². The molecule has 1 aliphatic heterocycles. The molecule has 0 saturated carbocycles. The summed E-state index contributed by atoms with van der Waals surface area (Å²) in [6, 6.07) is 38.3. The monoisotopic (exact) mass is 400 g/mol. The van der Waals surface area contributed by atoms with Crippen molar-refractivity contribution in [2.45, 2.75) is 6.92 Å². The Balaban J connectivity index is 1.87. The molecule has 2 nitrogen and oxygen atoms in total. The molecule has 0 N–H and O–H groups in total.